The molecule has 0 aromatic heterocycles. The van der Waals surface area contributed by atoms with Crippen molar-refractivity contribution in [2.75, 3.05) is 10.5 Å². The molecule has 0 heterocycles. The van der Waals surface area contributed by atoms with Crippen molar-refractivity contribution in [1.29, 1.82) is 0 Å². The van der Waals surface area contributed by atoms with Crippen molar-refractivity contribution in [3.05, 3.63) is 33.9 Å². The molecule has 1 aromatic rings. The smallest absolute Gasteiger partial charge is 0.274 e. The summed E-state index contributed by atoms with van der Waals surface area (Å²) in [4.78, 5) is 10.2. The molecule has 18 heavy (non-hydrogen) atoms. The molecule has 100 valence electrons. The molecule has 0 fully saturated rings. The molecule has 0 aliphatic heterocycles. The summed E-state index contributed by atoms with van der Waals surface area (Å²) in [6, 6.07) is 4.33. The van der Waals surface area contributed by atoms with Crippen LogP contribution in [-0.2, 0) is 10.0 Å². The van der Waals surface area contributed by atoms with Crippen LogP contribution in [0.2, 0.25) is 0 Å². The number of rotatable bonds is 6. The Morgan fingerprint density at radius 3 is 2.61 bits per heavy atom. The molecule has 1 aromatic carbocycles. The first-order valence-electron chi connectivity index (χ1n) is 5.62. The van der Waals surface area contributed by atoms with Gasteiger partial charge in [0.2, 0.25) is 10.0 Å². The molecule has 7 heteroatoms. The van der Waals surface area contributed by atoms with Crippen LogP contribution in [0.25, 0.3) is 0 Å². The minimum atomic E-state index is -3.43. The van der Waals surface area contributed by atoms with E-state index >= 15 is 0 Å². The van der Waals surface area contributed by atoms with Crippen molar-refractivity contribution in [2.24, 2.45) is 0 Å². The van der Waals surface area contributed by atoms with Crippen molar-refractivity contribution in [3.8, 4) is 0 Å². The number of nitro groups is 1. The van der Waals surface area contributed by atoms with Crippen molar-refractivity contribution in [1.82, 2.24) is 0 Å². The molecule has 0 saturated carbocycles. The Labute approximate surface area is 106 Å². The lowest BCUT2D eigenvalue weighted by molar-refractivity contribution is -0.385. The van der Waals surface area contributed by atoms with Gasteiger partial charge in [-0.1, -0.05) is 19.4 Å². The standard InChI is InChI=1S/C11H16N2O4S/c1-3-4-8-18(16,17)12-10-6-5-7-11(9(10)2)13(14)15/h5-7,12H,3-4,8H2,1-2H3. The second-order valence-corrected chi connectivity index (χ2v) is 5.82. The molecule has 1 rings (SSSR count). The lowest BCUT2D eigenvalue weighted by atomic mass is 10.2. The van der Waals surface area contributed by atoms with E-state index in [4.69, 9.17) is 0 Å². The van der Waals surface area contributed by atoms with E-state index in [1.807, 2.05) is 6.92 Å². The molecule has 0 unspecified atom stereocenters. The Bertz CT molecular complexity index is 540. The van der Waals surface area contributed by atoms with Gasteiger partial charge in [0.15, 0.2) is 0 Å². The average Bonchev–Trinajstić information content (AvgIpc) is 2.29. The SMILES string of the molecule is CCCCS(=O)(=O)Nc1cccc([N+](=O)[O-])c1C. The number of hydrogen-bond donors (Lipinski definition) is 1. The van der Waals surface area contributed by atoms with Crippen LogP contribution in [0.4, 0.5) is 11.4 Å². The maximum absolute atomic E-state index is 11.7. The Kier molecular flexibility index (Phi) is 4.66. The minimum absolute atomic E-state index is 0.0195. The van der Waals surface area contributed by atoms with Gasteiger partial charge in [-0.3, -0.25) is 14.8 Å². The van der Waals surface area contributed by atoms with Crippen molar-refractivity contribution in [2.45, 2.75) is 26.7 Å². The number of anilines is 1. The van der Waals surface area contributed by atoms with E-state index in [1.165, 1.54) is 25.1 Å². The van der Waals surface area contributed by atoms with Gasteiger partial charge < -0.3 is 0 Å². The van der Waals surface area contributed by atoms with Gasteiger partial charge in [0.1, 0.15) is 0 Å². The zero-order chi connectivity index (χ0) is 13.8. The van der Waals surface area contributed by atoms with Crippen LogP contribution in [-0.4, -0.2) is 19.1 Å². The highest BCUT2D eigenvalue weighted by molar-refractivity contribution is 7.92. The van der Waals surface area contributed by atoms with Gasteiger partial charge in [0.05, 0.1) is 21.9 Å². The molecular weight excluding hydrogens is 256 g/mol. The maximum Gasteiger partial charge on any atom is 0.274 e. The van der Waals surface area contributed by atoms with Gasteiger partial charge in [-0.05, 0) is 19.4 Å². The number of unbranched alkanes of at least 4 members (excludes halogenated alkanes) is 1. The zero-order valence-electron chi connectivity index (χ0n) is 10.3. The van der Waals surface area contributed by atoms with Gasteiger partial charge in [0.25, 0.3) is 5.69 Å². The zero-order valence-corrected chi connectivity index (χ0v) is 11.2. The number of hydrogen-bond acceptors (Lipinski definition) is 4. The molecule has 0 spiro atoms. The van der Waals surface area contributed by atoms with Crippen LogP contribution in [0.1, 0.15) is 25.3 Å². The lowest BCUT2D eigenvalue weighted by Gasteiger charge is -2.10. The first kappa shape index (κ1) is 14.4. The highest BCUT2D eigenvalue weighted by Gasteiger charge is 2.17. The predicted octanol–water partition coefficient (Wildman–Crippen LogP) is 2.45. The second-order valence-electron chi connectivity index (χ2n) is 3.98. The summed E-state index contributed by atoms with van der Waals surface area (Å²) in [5.74, 6) is 0.0195. The maximum atomic E-state index is 11.7. The second kappa shape index (κ2) is 5.81. The molecule has 0 aliphatic carbocycles. The Morgan fingerprint density at radius 1 is 1.39 bits per heavy atom. The number of benzene rings is 1. The number of sulfonamides is 1. The van der Waals surface area contributed by atoms with Gasteiger partial charge in [-0.25, -0.2) is 8.42 Å². The predicted molar refractivity (Wildman–Crippen MR) is 70.2 cm³/mol. The normalized spacial score (nSPS) is 11.2. The van der Waals surface area contributed by atoms with E-state index in [0.29, 0.717) is 12.0 Å². The topological polar surface area (TPSA) is 89.3 Å². The van der Waals surface area contributed by atoms with Gasteiger partial charge in [0, 0.05) is 6.07 Å². The van der Waals surface area contributed by atoms with Gasteiger partial charge in [-0.2, -0.15) is 0 Å². The third-order valence-electron chi connectivity index (χ3n) is 2.53. The van der Waals surface area contributed by atoms with Gasteiger partial charge >= 0.3 is 0 Å². The number of nitrogens with zero attached hydrogens (tertiary/aromatic N) is 1. The van der Waals surface area contributed by atoms with E-state index in [1.54, 1.807) is 0 Å². The molecule has 0 aliphatic rings. The summed E-state index contributed by atoms with van der Waals surface area (Å²) < 4.78 is 25.8. The quantitative estimate of drug-likeness (QED) is 0.636. The summed E-state index contributed by atoms with van der Waals surface area (Å²) in [5.41, 5.74) is 0.494. The van der Waals surface area contributed by atoms with Crippen LogP contribution in [0.15, 0.2) is 18.2 Å². The third kappa shape index (κ3) is 3.69. The lowest BCUT2D eigenvalue weighted by Crippen LogP contribution is -2.17. The van der Waals surface area contributed by atoms with E-state index in [2.05, 4.69) is 4.72 Å². The molecule has 6 nitrogen and oxygen atoms in total. The third-order valence-corrected chi connectivity index (χ3v) is 3.89. The first-order valence-corrected chi connectivity index (χ1v) is 7.27. The Balaban J connectivity index is 2.98. The molecular formula is C11H16N2O4S. The fraction of sp³-hybridized carbons (Fsp3) is 0.455. The average molecular weight is 272 g/mol. The van der Waals surface area contributed by atoms with Gasteiger partial charge in [-0.15, -0.1) is 0 Å². The molecule has 1 N–H and O–H groups in total. The molecule has 0 amide bonds. The van der Waals surface area contributed by atoms with Crippen molar-refractivity contribution < 1.29 is 13.3 Å². The van der Waals surface area contributed by atoms with Crippen LogP contribution >= 0.6 is 0 Å². The summed E-state index contributed by atoms with van der Waals surface area (Å²) >= 11 is 0. The molecule has 0 bridgehead atoms. The fourth-order valence-corrected chi connectivity index (χ4v) is 2.81. The minimum Gasteiger partial charge on any atom is -0.283 e. The Hall–Kier alpha value is -1.63. The monoisotopic (exact) mass is 272 g/mol. The summed E-state index contributed by atoms with van der Waals surface area (Å²) in [5, 5.41) is 10.7. The van der Waals surface area contributed by atoms with Crippen LogP contribution < -0.4 is 4.72 Å². The Morgan fingerprint density at radius 2 is 2.06 bits per heavy atom. The van der Waals surface area contributed by atoms with Crippen LogP contribution in [0, 0.1) is 17.0 Å². The molecule has 0 saturated heterocycles. The summed E-state index contributed by atoms with van der Waals surface area (Å²) in [6.07, 6.45) is 1.33. The number of nitro benzene ring substituents is 1. The van der Waals surface area contributed by atoms with Crippen molar-refractivity contribution >= 4 is 21.4 Å². The fourth-order valence-electron chi connectivity index (χ4n) is 1.48. The molecule has 0 radical (unpaired) electrons. The van der Waals surface area contributed by atoms with E-state index in [-0.39, 0.29) is 17.1 Å². The molecule has 0 atom stereocenters. The summed E-state index contributed by atoms with van der Waals surface area (Å²) in [6.45, 7) is 3.42. The van der Waals surface area contributed by atoms with E-state index in [9.17, 15) is 18.5 Å². The van der Waals surface area contributed by atoms with E-state index in [0.717, 1.165) is 6.42 Å². The first-order chi connectivity index (χ1) is 8.37. The van der Waals surface area contributed by atoms with E-state index < -0.39 is 14.9 Å². The summed E-state index contributed by atoms with van der Waals surface area (Å²) in [7, 11) is -3.43. The van der Waals surface area contributed by atoms with Crippen molar-refractivity contribution in [3.63, 3.8) is 0 Å². The largest absolute Gasteiger partial charge is 0.283 e. The highest BCUT2D eigenvalue weighted by atomic mass is 32.2. The van der Waals surface area contributed by atoms with Crippen LogP contribution in [0.5, 0.6) is 0 Å². The highest BCUT2D eigenvalue weighted by Crippen LogP contribution is 2.25. The number of nitrogens with one attached hydrogen (secondary N) is 1. The van der Waals surface area contributed by atoms with Crippen LogP contribution in [0.3, 0.4) is 0 Å².